The standard InChI is InChI=1S/C32H49N5O5/c1-6-33-32(40)35-36(5)22-28(38)34-29(25-16-10-9-11-17-25)30(39)37(23(4)31(41-7-2)42-8-3)21-26-19-14-18-24-15-12-13-20-27(24)26/h12-15,18-20,23,25,29,31H,6-11,16-17,21-22H2,1-5H3,(H,34,38)(H2,33,35,40)/t23-,29-/m0/s1. The van der Waals surface area contributed by atoms with E-state index in [0.717, 1.165) is 48.4 Å². The largest absolute Gasteiger partial charge is 0.351 e. The van der Waals surface area contributed by atoms with Crippen molar-refractivity contribution in [2.75, 3.05) is 33.4 Å². The average molecular weight is 584 g/mol. The lowest BCUT2D eigenvalue weighted by atomic mass is 9.83. The summed E-state index contributed by atoms with van der Waals surface area (Å²) in [5, 5.41) is 9.29. The Hall–Kier alpha value is -3.21. The van der Waals surface area contributed by atoms with Gasteiger partial charge in [-0.2, -0.15) is 0 Å². The van der Waals surface area contributed by atoms with Gasteiger partial charge in [0.05, 0.1) is 12.6 Å². The Kier molecular flexibility index (Phi) is 13.5. The molecule has 3 N–H and O–H groups in total. The van der Waals surface area contributed by atoms with Gasteiger partial charge >= 0.3 is 6.03 Å². The monoisotopic (exact) mass is 583 g/mol. The van der Waals surface area contributed by atoms with Crippen LogP contribution in [0.5, 0.6) is 0 Å². The second-order valence-electron chi connectivity index (χ2n) is 10.9. The van der Waals surface area contributed by atoms with E-state index >= 15 is 0 Å². The minimum Gasteiger partial charge on any atom is -0.351 e. The number of carbonyl (C=O) groups is 3. The quantitative estimate of drug-likeness (QED) is 0.214. The minimum absolute atomic E-state index is 0.0108. The highest BCUT2D eigenvalue weighted by atomic mass is 16.7. The first-order valence-electron chi connectivity index (χ1n) is 15.3. The summed E-state index contributed by atoms with van der Waals surface area (Å²) in [5.74, 6) is -0.474. The van der Waals surface area contributed by atoms with Crippen LogP contribution in [0.25, 0.3) is 10.8 Å². The Bertz CT molecular complexity index is 1140. The van der Waals surface area contributed by atoms with E-state index in [-0.39, 0.29) is 30.3 Å². The summed E-state index contributed by atoms with van der Waals surface area (Å²) in [6.45, 7) is 9.19. The third-order valence-electron chi connectivity index (χ3n) is 7.77. The van der Waals surface area contributed by atoms with Gasteiger partial charge in [0, 0.05) is 33.4 Å². The van der Waals surface area contributed by atoms with Crippen LogP contribution in [0.2, 0.25) is 0 Å². The molecule has 10 nitrogen and oxygen atoms in total. The Morgan fingerprint density at radius 2 is 1.62 bits per heavy atom. The van der Waals surface area contributed by atoms with Gasteiger partial charge in [0.1, 0.15) is 6.04 Å². The van der Waals surface area contributed by atoms with Crippen molar-refractivity contribution in [2.24, 2.45) is 5.92 Å². The molecule has 0 saturated heterocycles. The van der Waals surface area contributed by atoms with Crippen LogP contribution in [-0.4, -0.2) is 79.5 Å². The highest BCUT2D eigenvalue weighted by molar-refractivity contribution is 5.90. The molecule has 232 valence electrons. The van der Waals surface area contributed by atoms with E-state index in [2.05, 4.69) is 34.3 Å². The fourth-order valence-electron chi connectivity index (χ4n) is 5.71. The van der Waals surface area contributed by atoms with Crippen LogP contribution >= 0.6 is 0 Å². The average Bonchev–Trinajstić information content (AvgIpc) is 2.98. The van der Waals surface area contributed by atoms with Crippen LogP contribution < -0.4 is 16.1 Å². The van der Waals surface area contributed by atoms with E-state index in [9.17, 15) is 14.4 Å². The topological polar surface area (TPSA) is 112 Å². The van der Waals surface area contributed by atoms with E-state index in [1.807, 2.05) is 56.9 Å². The van der Waals surface area contributed by atoms with Crippen molar-refractivity contribution in [2.45, 2.75) is 84.7 Å². The SMILES string of the molecule is CCNC(=O)NN(C)CC(=O)N[C@H](C(=O)N(Cc1cccc2ccccc12)[C@@H](C)C(OCC)OCC)C1CCCCC1. The highest BCUT2D eigenvalue weighted by Gasteiger charge is 2.38. The number of nitrogens with one attached hydrogen (secondary N) is 3. The van der Waals surface area contributed by atoms with Crippen LogP contribution in [0.3, 0.4) is 0 Å². The lowest BCUT2D eigenvalue weighted by Gasteiger charge is -2.39. The van der Waals surface area contributed by atoms with Crippen molar-refractivity contribution in [3.05, 3.63) is 48.0 Å². The number of hydrogen-bond acceptors (Lipinski definition) is 6. The van der Waals surface area contributed by atoms with E-state index in [0.29, 0.717) is 26.3 Å². The zero-order valence-corrected chi connectivity index (χ0v) is 25.9. The van der Waals surface area contributed by atoms with E-state index in [1.165, 1.54) is 5.01 Å². The summed E-state index contributed by atoms with van der Waals surface area (Å²) in [5.41, 5.74) is 3.64. The molecule has 42 heavy (non-hydrogen) atoms. The Balaban J connectivity index is 1.93. The summed E-state index contributed by atoms with van der Waals surface area (Å²) in [7, 11) is 1.62. The molecule has 0 aliphatic heterocycles. The van der Waals surface area contributed by atoms with Gasteiger partial charge in [-0.3, -0.25) is 15.0 Å². The number of hydrazine groups is 1. The van der Waals surface area contributed by atoms with E-state index < -0.39 is 18.4 Å². The summed E-state index contributed by atoms with van der Waals surface area (Å²) in [4.78, 5) is 41.6. The van der Waals surface area contributed by atoms with Crippen molar-refractivity contribution < 1.29 is 23.9 Å². The molecule has 0 heterocycles. The number of ether oxygens (including phenoxy) is 2. The first-order valence-corrected chi connectivity index (χ1v) is 15.3. The number of carbonyl (C=O) groups excluding carboxylic acids is 3. The first-order chi connectivity index (χ1) is 20.3. The lowest BCUT2D eigenvalue weighted by molar-refractivity contribution is -0.180. The third kappa shape index (κ3) is 9.40. The van der Waals surface area contributed by atoms with Gasteiger partial charge < -0.3 is 25.0 Å². The first kappa shape index (κ1) is 33.3. The Labute approximate surface area is 250 Å². The maximum Gasteiger partial charge on any atom is 0.329 e. The van der Waals surface area contributed by atoms with Gasteiger partial charge in [0.25, 0.3) is 0 Å². The summed E-state index contributed by atoms with van der Waals surface area (Å²) in [6.07, 6.45) is 4.26. The number of hydrogen-bond donors (Lipinski definition) is 3. The molecule has 1 aliphatic rings. The Morgan fingerprint density at radius 1 is 0.952 bits per heavy atom. The smallest absolute Gasteiger partial charge is 0.329 e. The van der Waals surface area contributed by atoms with Crippen LogP contribution in [-0.2, 0) is 25.6 Å². The molecule has 0 radical (unpaired) electrons. The van der Waals surface area contributed by atoms with E-state index in [4.69, 9.17) is 9.47 Å². The zero-order chi connectivity index (χ0) is 30.5. The summed E-state index contributed by atoms with van der Waals surface area (Å²) >= 11 is 0. The molecule has 4 amide bonds. The number of fused-ring (bicyclic) bond motifs is 1. The van der Waals surface area contributed by atoms with Gasteiger partial charge in [0.15, 0.2) is 6.29 Å². The fourth-order valence-corrected chi connectivity index (χ4v) is 5.71. The maximum atomic E-state index is 14.6. The molecule has 0 bridgehead atoms. The van der Waals surface area contributed by atoms with Crippen LogP contribution in [0, 0.1) is 5.92 Å². The molecule has 3 rings (SSSR count). The molecule has 2 aromatic rings. The predicted octanol–water partition coefficient (Wildman–Crippen LogP) is 4.19. The number of nitrogens with zero attached hydrogens (tertiary/aromatic N) is 2. The van der Waals surface area contributed by atoms with Gasteiger partial charge in [-0.1, -0.05) is 61.7 Å². The van der Waals surface area contributed by atoms with Crippen LogP contribution in [0.1, 0.15) is 65.4 Å². The number of benzene rings is 2. The molecule has 1 aliphatic carbocycles. The minimum atomic E-state index is -0.711. The molecule has 2 aromatic carbocycles. The zero-order valence-electron chi connectivity index (χ0n) is 25.9. The number of urea groups is 1. The van der Waals surface area contributed by atoms with Crippen molar-refractivity contribution in [1.29, 1.82) is 0 Å². The summed E-state index contributed by atoms with van der Waals surface area (Å²) < 4.78 is 11.9. The van der Waals surface area contributed by atoms with Crippen LogP contribution in [0.4, 0.5) is 4.79 Å². The van der Waals surface area contributed by atoms with Crippen molar-refractivity contribution in [3.63, 3.8) is 0 Å². The van der Waals surface area contributed by atoms with Gasteiger partial charge in [0.2, 0.25) is 11.8 Å². The molecule has 0 spiro atoms. The second-order valence-corrected chi connectivity index (χ2v) is 10.9. The molecule has 1 fully saturated rings. The van der Waals surface area contributed by atoms with Crippen molar-refractivity contribution in [3.8, 4) is 0 Å². The molecular formula is C32H49N5O5. The van der Waals surface area contributed by atoms with Crippen LogP contribution in [0.15, 0.2) is 42.5 Å². The third-order valence-corrected chi connectivity index (χ3v) is 7.77. The molecule has 0 unspecified atom stereocenters. The van der Waals surface area contributed by atoms with Gasteiger partial charge in [-0.05, 0) is 62.8 Å². The number of likely N-dealkylation sites (N-methyl/N-ethyl adjacent to an activating group) is 1. The normalized spacial score (nSPS) is 15.4. The predicted molar refractivity (Wildman–Crippen MR) is 164 cm³/mol. The van der Waals surface area contributed by atoms with Crippen molar-refractivity contribution in [1.82, 2.24) is 26.0 Å². The number of amides is 4. The van der Waals surface area contributed by atoms with Gasteiger partial charge in [-0.15, -0.1) is 0 Å². The molecule has 2 atom stereocenters. The Morgan fingerprint density at radius 3 is 2.29 bits per heavy atom. The number of rotatable bonds is 15. The highest BCUT2D eigenvalue weighted by Crippen LogP contribution is 2.29. The van der Waals surface area contributed by atoms with E-state index in [1.54, 1.807) is 7.05 Å². The van der Waals surface area contributed by atoms with Gasteiger partial charge in [-0.25, -0.2) is 9.80 Å². The summed E-state index contributed by atoms with van der Waals surface area (Å²) in [6, 6.07) is 12.7. The fraction of sp³-hybridized carbons (Fsp3) is 0.594. The molecule has 1 saturated carbocycles. The second kappa shape index (κ2) is 17.0. The maximum absolute atomic E-state index is 14.6. The van der Waals surface area contributed by atoms with Crippen molar-refractivity contribution >= 4 is 28.6 Å². The molecular weight excluding hydrogens is 534 g/mol. The molecule has 0 aromatic heterocycles. The molecule has 10 heteroatoms. The lowest BCUT2D eigenvalue weighted by Crippen LogP contribution is -2.58.